The first-order valence-corrected chi connectivity index (χ1v) is 9.39. The molecule has 2 atom stereocenters. The molecule has 4 heteroatoms. The van der Waals surface area contributed by atoms with E-state index in [1.54, 1.807) is 0 Å². The molecule has 3 aromatic rings. The Bertz CT molecular complexity index is 809. The van der Waals surface area contributed by atoms with Crippen molar-refractivity contribution in [3.8, 4) is 0 Å². The Labute approximate surface area is 158 Å². The third-order valence-corrected chi connectivity index (χ3v) is 5.35. The number of hydrogen-bond acceptors (Lipinski definition) is 3. The summed E-state index contributed by atoms with van der Waals surface area (Å²) in [6.45, 7) is 0.611. The highest BCUT2D eigenvalue weighted by Gasteiger charge is 2.30. The van der Waals surface area contributed by atoms with E-state index in [-0.39, 0.29) is 6.04 Å². The summed E-state index contributed by atoms with van der Waals surface area (Å²) in [5, 5.41) is 12.7. The van der Waals surface area contributed by atoms with Gasteiger partial charge < -0.3 is 10.4 Å². The van der Waals surface area contributed by atoms with Crippen LogP contribution in [0.4, 0.5) is 0 Å². The maximum absolute atomic E-state index is 12.1. The lowest BCUT2D eigenvalue weighted by molar-refractivity contribution is -0.137. The molecule has 3 aromatic carbocycles. The lowest BCUT2D eigenvalue weighted by Gasteiger charge is -2.25. The van der Waals surface area contributed by atoms with Crippen LogP contribution in [0, 0.1) is 0 Å². The fourth-order valence-electron chi connectivity index (χ4n) is 2.79. The molecule has 2 unspecified atom stereocenters. The molecule has 0 fully saturated rings. The molecule has 0 saturated heterocycles. The highest BCUT2D eigenvalue weighted by Crippen LogP contribution is 2.32. The van der Waals surface area contributed by atoms with Gasteiger partial charge in [-0.25, -0.2) is 0 Å². The quantitative estimate of drug-likeness (QED) is 0.566. The first kappa shape index (κ1) is 18.2. The minimum absolute atomic E-state index is 0.306. The molecule has 0 aliphatic carbocycles. The fourth-order valence-corrected chi connectivity index (χ4v) is 3.89. The van der Waals surface area contributed by atoms with Crippen LogP contribution in [0.15, 0.2) is 95.9 Å². The van der Waals surface area contributed by atoms with Crippen molar-refractivity contribution in [2.75, 3.05) is 0 Å². The van der Waals surface area contributed by atoms with Crippen LogP contribution in [0.3, 0.4) is 0 Å². The van der Waals surface area contributed by atoms with Crippen LogP contribution in [0.1, 0.15) is 17.2 Å². The van der Waals surface area contributed by atoms with Crippen molar-refractivity contribution in [2.24, 2.45) is 0 Å². The molecule has 0 aliphatic rings. The van der Waals surface area contributed by atoms with Gasteiger partial charge in [0.15, 0.2) is 0 Å². The summed E-state index contributed by atoms with van der Waals surface area (Å²) in [5.41, 5.74) is 2.10. The Hall–Kier alpha value is -2.56. The lowest BCUT2D eigenvalue weighted by Crippen LogP contribution is -2.35. The van der Waals surface area contributed by atoms with Crippen LogP contribution in [-0.2, 0) is 11.3 Å². The van der Waals surface area contributed by atoms with Crippen molar-refractivity contribution in [3.63, 3.8) is 0 Å². The van der Waals surface area contributed by atoms with Crippen LogP contribution < -0.4 is 5.32 Å². The normalized spacial score (nSPS) is 13.1. The molecular weight excluding hydrogens is 342 g/mol. The molecule has 0 aliphatic heterocycles. The van der Waals surface area contributed by atoms with Gasteiger partial charge >= 0.3 is 5.97 Å². The summed E-state index contributed by atoms with van der Waals surface area (Å²) in [6, 6.07) is 29.2. The average Bonchev–Trinajstić information content (AvgIpc) is 2.69. The van der Waals surface area contributed by atoms with Gasteiger partial charge in [0.2, 0.25) is 0 Å². The summed E-state index contributed by atoms with van der Waals surface area (Å²) < 4.78 is 0. The second-order valence-electron chi connectivity index (χ2n) is 5.94. The largest absolute Gasteiger partial charge is 0.480 e. The molecule has 2 N–H and O–H groups in total. The second-order valence-corrected chi connectivity index (χ2v) is 7.16. The highest BCUT2D eigenvalue weighted by molar-refractivity contribution is 8.00. The van der Waals surface area contributed by atoms with E-state index < -0.39 is 11.2 Å². The predicted molar refractivity (Wildman–Crippen MR) is 106 cm³/mol. The molecule has 0 bridgehead atoms. The van der Waals surface area contributed by atoms with Crippen molar-refractivity contribution in [1.29, 1.82) is 0 Å². The van der Waals surface area contributed by atoms with E-state index in [4.69, 9.17) is 0 Å². The van der Waals surface area contributed by atoms with E-state index in [1.807, 2.05) is 91.0 Å². The van der Waals surface area contributed by atoms with Gasteiger partial charge in [0.05, 0.1) is 6.04 Å². The third-order valence-electron chi connectivity index (χ3n) is 4.08. The van der Waals surface area contributed by atoms with E-state index in [1.165, 1.54) is 11.8 Å². The van der Waals surface area contributed by atoms with Crippen molar-refractivity contribution >= 4 is 17.7 Å². The first-order chi connectivity index (χ1) is 12.7. The summed E-state index contributed by atoms with van der Waals surface area (Å²) in [4.78, 5) is 13.0. The number of aliphatic carboxylic acids is 1. The molecule has 0 aromatic heterocycles. The zero-order valence-electron chi connectivity index (χ0n) is 14.3. The van der Waals surface area contributed by atoms with Crippen molar-refractivity contribution in [1.82, 2.24) is 5.32 Å². The maximum Gasteiger partial charge on any atom is 0.318 e. The molecule has 0 heterocycles. The number of benzene rings is 3. The Morgan fingerprint density at radius 1 is 0.846 bits per heavy atom. The Balaban J connectivity index is 1.85. The van der Waals surface area contributed by atoms with Crippen molar-refractivity contribution in [3.05, 3.63) is 102 Å². The fraction of sp³-hybridized carbons (Fsp3) is 0.136. The topological polar surface area (TPSA) is 49.3 Å². The number of carboxylic acid groups (broad SMARTS) is 1. The minimum Gasteiger partial charge on any atom is -0.480 e. The summed E-state index contributed by atoms with van der Waals surface area (Å²) in [6.07, 6.45) is 0. The standard InChI is InChI=1S/C22H21NO2S/c24-22(25)21(26-19-14-8-3-9-15-19)20(18-12-6-2-7-13-18)23-16-17-10-4-1-5-11-17/h1-15,20-21,23H,16H2,(H,24,25). The molecule has 0 saturated carbocycles. The van der Waals surface area contributed by atoms with Crippen LogP contribution in [0.5, 0.6) is 0 Å². The summed E-state index contributed by atoms with van der Waals surface area (Å²) in [7, 11) is 0. The van der Waals surface area contributed by atoms with E-state index in [0.717, 1.165) is 16.0 Å². The van der Waals surface area contributed by atoms with Gasteiger partial charge in [-0.3, -0.25) is 4.79 Å². The van der Waals surface area contributed by atoms with Gasteiger partial charge in [-0.05, 0) is 23.3 Å². The minimum atomic E-state index is -0.826. The number of rotatable bonds is 8. The zero-order valence-corrected chi connectivity index (χ0v) is 15.1. The highest BCUT2D eigenvalue weighted by atomic mass is 32.2. The Kier molecular flexibility index (Phi) is 6.47. The number of hydrogen-bond donors (Lipinski definition) is 2. The Morgan fingerprint density at radius 2 is 1.38 bits per heavy atom. The molecule has 132 valence electrons. The van der Waals surface area contributed by atoms with Crippen LogP contribution >= 0.6 is 11.8 Å². The van der Waals surface area contributed by atoms with Crippen LogP contribution in [0.25, 0.3) is 0 Å². The third kappa shape index (κ3) is 4.97. The van der Waals surface area contributed by atoms with Gasteiger partial charge in [0.1, 0.15) is 5.25 Å². The Morgan fingerprint density at radius 3 is 1.96 bits per heavy atom. The SMILES string of the molecule is O=C(O)C(Sc1ccccc1)C(NCc1ccccc1)c1ccccc1. The van der Waals surface area contributed by atoms with Crippen molar-refractivity contribution in [2.45, 2.75) is 22.7 Å². The van der Waals surface area contributed by atoms with Gasteiger partial charge in [-0.1, -0.05) is 78.9 Å². The summed E-state index contributed by atoms with van der Waals surface area (Å²) in [5.74, 6) is -0.826. The van der Waals surface area contributed by atoms with E-state index >= 15 is 0 Å². The number of carboxylic acids is 1. The number of thioether (sulfide) groups is 1. The van der Waals surface area contributed by atoms with E-state index in [0.29, 0.717) is 6.54 Å². The predicted octanol–water partition coefficient (Wildman–Crippen LogP) is 4.76. The number of carbonyl (C=O) groups is 1. The molecule has 3 nitrogen and oxygen atoms in total. The van der Waals surface area contributed by atoms with Gasteiger partial charge in [-0.15, -0.1) is 11.8 Å². The lowest BCUT2D eigenvalue weighted by atomic mass is 10.0. The monoisotopic (exact) mass is 363 g/mol. The van der Waals surface area contributed by atoms with E-state index in [2.05, 4.69) is 5.32 Å². The van der Waals surface area contributed by atoms with Gasteiger partial charge in [0.25, 0.3) is 0 Å². The van der Waals surface area contributed by atoms with Crippen molar-refractivity contribution < 1.29 is 9.90 Å². The molecule has 26 heavy (non-hydrogen) atoms. The zero-order chi connectivity index (χ0) is 18.2. The second kappa shape index (κ2) is 9.22. The van der Waals surface area contributed by atoms with Gasteiger partial charge in [0, 0.05) is 11.4 Å². The van der Waals surface area contributed by atoms with Crippen LogP contribution in [0.2, 0.25) is 0 Å². The smallest absolute Gasteiger partial charge is 0.318 e. The van der Waals surface area contributed by atoms with Gasteiger partial charge in [-0.2, -0.15) is 0 Å². The first-order valence-electron chi connectivity index (χ1n) is 8.51. The molecular formula is C22H21NO2S. The molecule has 3 rings (SSSR count). The van der Waals surface area contributed by atoms with E-state index in [9.17, 15) is 9.90 Å². The summed E-state index contributed by atoms with van der Waals surface area (Å²) >= 11 is 1.37. The average molecular weight is 363 g/mol. The molecule has 0 spiro atoms. The number of nitrogens with one attached hydrogen (secondary N) is 1. The molecule has 0 amide bonds. The molecule has 0 radical (unpaired) electrons. The maximum atomic E-state index is 12.1. The van der Waals surface area contributed by atoms with Crippen LogP contribution in [-0.4, -0.2) is 16.3 Å².